The molecule has 50 valence electrons. The molecule has 0 spiro atoms. The Balaban J connectivity index is 3.37. The van der Waals surface area contributed by atoms with E-state index in [0.717, 1.165) is 6.42 Å². The molecule has 0 aromatic rings. The van der Waals surface area contributed by atoms with Crippen LogP contribution in [0.15, 0.2) is 0 Å². The quantitative estimate of drug-likeness (QED) is 0.417. The largest absolute Gasteiger partial charge is 0.364 e. The number of hydrogen-bond donors (Lipinski definition) is 2. The van der Waals surface area contributed by atoms with Crippen molar-refractivity contribution in [2.45, 2.75) is 32.5 Å². The lowest BCUT2D eigenvalue weighted by atomic mass is 10.2. The molecule has 8 heavy (non-hydrogen) atoms. The van der Waals surface area contributed by atoms with E-state index in [1.54, 1.807) is 0 Å². The summed E-state index contributed by atoms with van der Waals surface area (Å²) in [5, 5.41) is 8.98. The standard InChI is InChI=1S/C5H13NO2/c1-3-4-5(2,7)8-6/h7H,3-4,6H2,1-2H3/t5-/m1/s1. The Morgan fingerprint density at radius 2 is 2.25 bits per heavy atom. The lowest BCUT2D eigenvalue weighted by Gasteiger charge is -2.18. The molecule has 0 aromatic heterocycles. The average molecular weight is 119 g/mol. The van der Waals surface area contributed by atoms with Crippen molar-refractivity contribution < 1.29 is 9.94 Å². The van der Waals surface area contributed by atoms with Crippen LogP contribution in [0.5, 0.6) is 0 Å². The second-order valence-electron chi connectivity index (χ2n) is 2.04. The van der Waals surface area contributed by atoms with Crippen LogP contribution < -0.4 is 5.90 Å². The van der Waals surface area contributed by atoms with Gasteiger partial charge < -0.3 is 5.11 Å². The van der Waals surface area contributed by atoms with E-state index < -0.39 is 5.79 Å². The lowest BCUT2D eigenvalue weighted by molar-refractivity contribution is -0.197. The molecule has 0 rings (SSSR count). The summed E-state index contributed by atoms with van der Waals surface area (Å²) in [6.07, 6.45) is 1.44. The van der Waals surface area contributed by atoms with Crippen LogP contribution in [0.2, 0.25) is 0 Å². The molecule has 3 N–H and O–H groups in total. The Kier molecular flexibility index (Phi) is 2.97. The zero-order chi connectivity index (χ0) is 6.62. The summed E-state index contributed by atoms with van der Waals surface area (Å²) < 4.78 is 0. The normalized spacial score (nSPS) is 18.0. The fraction of sp³-hybridized carbons (Fsp3) is 1.00. The molecule has 0 bridgehead atoms. The minimum atomic E-state index is -1.13. The van der Waals surface area contributed by atoms with Gasteiger partial charge in [-0.25, -0.2) is 5.90 Å². The summed E-state index contributed by atoms with van der Waals surface area (Å²) >= 11 is 0. The van der Waals surface area contributed by atoms with Gasteiger partial charge in [0, 0.05) is 6.42 Å². The van der Waals surface area contributed by atoms with Crippen LogP contribution in [0.25, 0.3) is 0 Å². The average Bonchev–Trinajstić information content (AvgIpc) is 1.67. The van der Waals surface area contributed by atoms with Gasteiger partial charge in [-0.05, 0) is 6.92 Å². The summed E-state index contributed by atoms with van der Waals surface area (Å²) in [6.45, 7) is 3.49. The minimum absolute atomic E-state index is 0.573. The first-order valence-electron chi connectivity index (χ1n) is 2.72. The van der Waals surface area contributed by atoms with Crippen LogP contribution in [0, 0.1) is 0 Å². The highest BCUT2D eigenvalue weighted by Gasteiger charge is 2.17. The third-order valence-corrected chi connectivity index (χ3v) is 0.968. The number of nitrogens with two attached hydrogens (primary N) is 1. The van der Waals surface area contributed by atoms with Crippen molar-refractivity contribution in [1.29, 1.82) is 0 Å². The van der Waals surface area contributed by atoms with Crippen LogP contribution in [0.3, 0.4) is 0 Å². The van der Waals surface area contributed by atoms with Crippen molar-refractivity contribution in [1.82, 2.24) is 0 Å². The summed E-state index contributed by atoms with van der Waals surface area (Å²) in [5.74, 6) is 3.61. The molecule has 0 radical (unpaired) electrons. The third kappa shape index (κ3) is 2.96. The van der Waals surface area contributed by atoms with Crippen molar-refractivity contribution in [2.24, 2.45) is 5.90 Å². The van der Waals surface area contributed by atoms with Gasteiger partial charge in [-0.3, -0.25) is 4.84 Å². The van der Waals surface area contributed by atoms with Gasteiger partial charge in [0.25, 0.3) is 0 Å². The third-order valence-electron chi connectivity index (χ3n) is 0.968. The maximum absolute atomic E-state index is 8.98. The first-order chi connectivity index (χ1) is 3.62. The van der Waals surface area contributed by atoms with E-state index in [4.69, 9.17) is 11.0 Å². The molecule has 0 heterocycles. The molecule has 0 fully saturated rings. The fourth-order valence-electron chi connectivity index (χ4n) is 0.523. The molecule has 3 nitrogen and oxygen atoms in total. The van der Waals surface area contributed by atoms with Crippen LogP contribution >= 0.6 is 0 Å². The highest BCUT2D eigenvalue weighted by atomic mass is 16.7. The molecule has 0 aromatic carbocycles. The molecule has 3 heteroatoms. The molecular formula is C5H13NO2. The van der Waals surface area contributed by atoms with Crippen molar-refractivity contribution in [3.05, 3.63) is 0 Å². The molecular weight excluding hydrogens is 106 g/mol. The molecule has 0 unspecified atom stereocenters. The summed E-state index contributed by atoms with van der Waals surface area (Å²) in [4.78, 5) is 4.23. The van der Waals surface area contributed by atoms with Crippen molar-refractivity contribution >= 4 is 0 Å². The lowest BCUT2D eigenvalue weighted by Crippen LogP contribution is -2.30. The van der Waals surface area contributed by atoms with Crippen LogP contribution in [0.1, 0.15) is 26.7 Å². The van der Waals surface area contributed by atoms with E-state index in [-0.39, 0.29) is 0 Å². The Morgan fingerprint density at radius 1 is 1.75 bits per heavy atom. The fourth-order valence-corrected chi connectivity index (χ4v) is 0.523. The predicted molar refractivity (Wildman–Crippen MR) is 30.8 cm³/mol. The zero-order valence-corrected chi connectivity index (χ0v) is 5.35. The highest BCUT2D eigenvalue weighted by molar-refractivity contribution is 4.54. The van der Waals surface area contributed by atoms with E-state index in [0.29, 0.717) is 6.42 Å². The Labute approximate surface area is 49.4 Å². The minimum Gasteiger partial charge on any atom is -0.364 e. The molecule has 0 aliphatic heterocycles. The first kappa shape index (κ1) is 7.88. The van der Waals surface area contributed by atoms with E-state index in [1.165, 1.54) is 6.92 Å². The van der Waals surface area contributed by atoms with Gasteiger partial charge in [-0.15, -0.1) is 0 Å². The molecule has 0 aliphatic carbocycles. The SMILES string of the molecule is CCC[C@](C)(O)ON. The predicted octanol–water partition coefficient (Wildman–Crippen LogP) is 0.385. The van der Waals surface area contributed by atoms with E-state index >= 15 is 0 Å². The summed E-state index contributed by atoms with van der Waals surface area (Å²) in [5.41, 5.74) is 0. The van der Waals surface area contributed by atoms with Crippen LogP contribution in [-0.2, 0) is 4.84 Å². The molecule has 1 atom stereocenters. The Hall–Kier alpha value is -0.120. The summed E-state index contributed by atoms with van der Waals surface area (Å²) in [7, 11) is 0. The van der Waals surface area contributed by atoms with Crippen molar-refractivity contribution in [2.75, 3.05) is 0 Å². The van der Waals surface area contributed by atoms with Crippen molar-refractivity contribution in [3.63, 3.8) is 0 Å². The maximum atomic E-state index is 8.98. The van der Waals surface area contributed by atoms with Gasteiger partial charge in [0.2, 0.25) is 0 Å². The van der Waals surface area contributed by atoms with Gasteiger partial charge in [0.05, 0.1) is 0 Å². The Bertz CT molecular complexity index is 63.4. The number of rotatable bonds is 3. The molecule has 0 saturated carbocycles. The van der Waals surface area contributed by atoms with Crippen LogP contribution in [0.4, 0.5) is 0 Å². The van der Waals surface area contributed by atoms with Gasteiger partial charge in [0.15, 0.2) is 5.79 Å². The molecule has 0 aliphatic rings. The van der Waals surface area contributed by atoms with E-state index in [2.05, 4.69) is 4.84 Å². The van der Waals surface area contributed by atoms with Gasteiger partial charge in [-0.2, -0.15) is 0 Å². The highest BCUT2D eigenvalue weighted by Crippen LogP contribution is 2.09. The molecule has 0 amide bonds. The smallest absolute Gasteiger partial charge is 0.181 e. The second-order valence-corrected chi connectivity index (χ2v) is 2.04. The zero-order valence-electron chi connectivity index (χ0n) is 5.35. The van der Waals surface area contributed by atoms with E-state index in [1.807, 2.05) is 6.92 Å². The number of hydrogen-bond acceptors (Lipinski definition) is 3. The van der Waals surface area contributed by atoms with Gasteiger partial charge in [0.1, 0.15) is 0 Å². The molecule has 0 saturated heterocycles. The second kappa shape index (κ2) is 3.02. The van der Waals surface area contributed by atoms with Gasteiger partial charge in [-0.1, -0.05) is 13.3 Å². The van der Waals surface area contributed by atoms with Crippen molar-refractivity contribution in [3.8, 4) is 0 Å². The summed E-state index contributed by atoms with van der Waals surface area (Å²) in [6, 6.07) is 0. The van der Waals surface area contributed by atoms with E-state index in [9.17, 15) is 0 Å². The number of aliphatic hydroxyl groups is 1. The van der Waals surface area contributed by atoms with Gasteiger partial charge >= 0.3 is 0 Å². The maximum Gasteiger partial charge on any atom is 0.181 e. The first-order valence-corrected chi connectivity index (χ1v) is 2.72. The van der Waals surface area contributed by atoms with Crippen LogP contribution in [-0.4, -0.2) is 10.9 Å². The topological polar surface area (TPSA) is 55.5 Å². The Morgan fingerprint density at radius 3 is 2.38 bits per heavy atom. The monoisotopic (exact) mass is 119 g/mol.